The van der Waals surface area contributed by atoms with Crippen LogP contribution in [0.2, 0.25) is 0 Å². The molecule has 3 rings (SSSR count). The van der Waals surface area contributed by atoms with Crippen LogP contribution in [-0.2, 0) is 11.8 Å². The van der Waals surface area contributed by atoms with E-state index >= 15 is 0 Å². The van der Waals surface area contributed by atoms with Crippen molar-refractivity contribution in [2.24, 2.45) is 5.92 Å². The Balaban J connectivity index is 1.58. The lowest BCUT2D eigenvalue weighted by Gasteiger charge is -2.26. The number of aryl methyl sites for hydroxylation is 1. The van der Waals surface area contributed by atoms with Gasteiger partial charge in [0.05, 0.1) is 12.6 Å². The highest BCUT2D eigenvalue weighted by molar-refractivity contribution is 5.74. The van der Waals surface area contributed by atoms with Crippen LogP contribution in [0.1, 0.15) is 37.3 Å². The van der Waals surface area contributed by atoms with Crippen LogP contribution in [0.5, 0.6) is 0 Å². The fourth-order valence-corrected chi connectivity index (χ4v) is 3.77. The molecule has 0 heterocycles. The molecule has 0 aromatic heterocycles. The van der Waals surface area contributed by atoms with Gasteiger partial charge < -0.3 is 15.7 Å². The molecule has 1 aromatic rings. The van der Waals surface area contributed by atoms with Gasteiger partial charge >= 0.3 is 6.03 Å². The molecule has 2 amide bonds. The summed E-state index contributed by atoms with van der Waals surface area (Å²) in [6.07, 6.45) is 4.86. The van der Waals surface area contributed by atoms with Crippen LogP contribution in [0.4, 0.5) is 4.79 Å². The van der Waals surface area contributed by atoms with Crippen molar-refractivity contribution in [3.8, 4) is 0 Å². The molecule has 0 saturated heterocycles. The smallest absolute Gasteiger partial charge is 0.315 e. The molecule has 4 nitrogen and oxygen atoms in total. The lowest BCUT2D eigenvalue weighted by atomic mass is 9.78. The van der Waals surface area contributed by atoms with E-state index in [9.17, 15) is 4.79 Å². The zero-order valence-electron chi connectivity index (χ0n) is 12.6. The fourth-order valence-electron chi connectivity index (χ4n) is 3.77. The van der Waals surface area contributed by atoms with Crippen molar-refractivity contribution in [2.45, 2.75) is 44.1 Å². The number of hydrogen-bond donors (Lipinski definition) is 3. The van der Waals surface area contributed by atoms with E-state index in [0.29, 0.717) is 11.3 Å². The Morgan fingerprint density at radius 1 is 1.48 bits per heavy atom. The van der Waals surface area contributed by atoms with Crippen molar-refractivity contribution < 1.29 is 9.90 Å². The van der Waals surface area contributed by atoms with Crippen molar-refractivity contribution in [3.63, 3.8) is 0 Å². The third kappa shape index (κ3) is 2.77. The molecule has 4 heteroatoms. The molecule has 0 radical (unpaired) electrons. The third-order valence-corrected chi connectivity index (χ3v) is 5.02. The van der Waals surface area contributed by atoms with E-state index < -0.39 is 0 Å². The Kier molecular flexibility index (Phi) is 3.89. The van der Waals surface area contributed by atoms with Gasteiger partial charge in [0.2, 0.25) is 0 Å². The maximum absolute atomic E-state index is 11.7. The summed E-state index contributed by atoms with van der Waals surface area (Å²) in [5.74, 6) is 0.550. The van der Waals surface area contributed by atoms with E-state index in [-0.39, 0.29) is 18.7 Å². The average Bonchev–Trinajstić information content (AvgIpc) is 3.19. The van der Waals surface area contributed by atoms with E-state index in [1.807, 2.05) is 0 Å². The number of aliphatic hydroxyl groups is 1. The highest BCUT2D eigenvalue weighted by atomic mass is 16.3. The first-order chi connectivity index (χ1) is 10.2. The van der Waals surface area contributed by atoms with Crippen LogP contribution < -0.4 is 10.6 Å². The molecule has 3 N–H and O–H groups in total. The lowest BCUT2D eigenvalue weighted by molar-refractivity contribution is 0.220. The van der Waals surface area contributed by atoms with Gasteiger partial charge in [0.1, 0.15) is 0 Å². The Bertz CT molecular complexity index is 531. The molecule has 0 unspecified atom stereocenters. The second kappa shape index (κ2) is 5.68. The summed E-state index contributed by atoms with van der Waals surface area (Å²) in [5.41, 5.74) is 3.31. The van der Waals surface area contributed by atoms with Crippen LogP contribution in [-0.4, -0.2) is 30.3 Å². The van der Waals surface area contributed by atoms with E-state index in [1.54, 1.807) is 6.92 Å². The first-order valence-electron chi connectivity index (χ1n) is 7.89. The van der Waals surface area contributed by atoms with Gasteiger partial charge in [-0.05, 0) is 49.7 Å². The molecule has 1 spiro atoms. The van der Waals surface area contributed by atoms with E-state index in [0.717, 1.165) is 6.54 Å². The second-order valence-corrected chi connectivity index (χ2v) is 6.51. The summed E-state index contributed by atoms with van der Waals surface area (Å²) < 4.78 is 0. The van der Waals surface area contributed by atoms with E-state index in [4.69, 9.17) is 5.11 Å². The quantitative estimate of drug-likeness (QED) is 0.793. The minimum absolute atomic E-state index is 0.0336. The van der Waals surface area contributed by atoms with Gasteiger partial charge in [-0.3, -0.25) is 0 Å². The number of benzene rings is 1. The zero-order valence-corrected chi connectivity index (χ0v) is 12.6. The molecular formula is C17H24N2O2. The van der Waals surface area contributed by atoms with Gasteiger partial charge in [-0.1, -0.05) is 24.3 Å². The number of urea groups is 1. The summed E-state index contributed by atoms with van der Waals surface area (Å²) in [5, 5.41) is 14.6. The van der Waals surface area contributed by atoms with Gasteiger partial charge in [-0.15, -0.1) is 0 Å². The highest BCUT2D eigenvalue weighted by Crippen LogP contribution is 2.59. The van der Waals surface area contributed by atoms with Crippen molar-refractivity contribution >= 4 is 6.03 Å². The molecular weight excluding hydrogens is 264 g/mol. The SMILES string of the molecule is C[C@H](CO)NC(=O)NC[C@H]1C[C@@]12CCCc1ccccc12. The van der Waals surface area contributed by atoms with Crippen molar-refractivity contribution in [2.75, 3.05) is 13.2 Å². The maximum Gasteiger partial charge on any atom is 0.315 e. The normalized spacial score (nSPS) is 27.8. The molecule has 0 aliphatic heterocycles. The standard InChI is InChI=1S/C17H24N2O2/c1-12(11-20)19-16(21)18-10-14-9-17(14)8-4-6-13-5-2-3-7-15(13)17/h2-3,5,7,12,14,20H,4,6,8-11H2,1H3,(H2,18,19,21)/t12-,14-,17+/m1/s1. The molecule has 2 aliphatic carbocycles. The summed E-state index contributed by atoms with van der Waals surface area (Å²) in [6.45, 7) is 2.47. The van der Waals surface area contributed by atoms with Gasteiger partial charge in [-0.25, -0.2) is 4.79 Å². The molecule has 21 heavy (non-hydrogen) atoms. The Morgan fingerprint density at radius 3 is 3.10 bits per heavy atom. The van der Waals surface area contributed by atoms with Gasteiger partial charge in [0, 0.05) is 12.0 Å². The Morgan fingerprint density at radius 2 is 2.29 bits per heavy atom. The molecule has 1 saturated carbocycles. The molecule has 114 valence electrons. The Hall–Kier alpha value is -1.55. The molecule has 3 atom stereocenters. The second-order valence-electron chi connectivity index (χ2n) is 6.51. The zero-order chi connectivity index (χ0) is 14.9. The molecule has 1 aromatic carbocycles. The minimum Gasteiger partial charge on any atom is -0.394 e. The van der Waals surface area contributed by atoms with Crippen molar-refractivity contribution in [1.29, 1.82) is 0 Å². The lowest BCUT2D eigenvalue weighted by Crippen LogP contribution is -2.43. The number of rotatable bonds is 4. The van der Waals surface area contributed by atoms with Crippen LogP contribution in [0.3, 0.4) is 0 Å². The van der Waals surface area contributed by atoms with Gasteiger partial charge in [0.25, 0.3) is 0 Å². The molecule has 0 bridgehead atoms. The van der Waals surface area contributed by atoms with E-state index in [2.05, 4.69) is 34.9 Å². The van der Waals surface area contributed by atoms with Crippen molar-refractivity contribution in [3.05, 3.63) is 35.4 Å². The fraction of sp³-hybridized carbons (Fsp3) is 0.588. The van der Waals surface area contributed by atoms with Crippen LogP contribution in [0.15, 0.2) is 24.3 Å². The number of nitrogens with one attached hydrogen (secondary N) is 2. The summed E-state index contributed by atoms with van der Waals surface area (Å²) in [4.78, 5) is 11.7. The minimum atomic E-state index is -0.200. The van der Waals surface area contributed by atoms with E-state index in [1.165, 1.54) is 36.8 Å². The highest BCUT2D eigenvalue weighted by Gasteiger charge is 2.56. The maximum atomic E-state index is 11.7. The molecule has 1 fully saturated rings. The number of amides is 2. The number of fused-ring (bicyclic) bond motifs is 2. The van der Waals surface area contributed by atoms with Gasteiger partial charge in [0.15, 0.2) is 0 Å². The predicted octanol–water partition coefficient (Wildman–Crippen LogP) is 1.96. The predicted molar refractivity (Wildman–Crippen MR) is 82.2 cm³/mol. The monoisotopic (exact) mass is 288 g/mol. The largest absolute Gasteiger partial charge is 0.394 e. The summed E-state index contributed by atoms with van der Waals surface area (Å²) in [7, 11) is 0. The van der Waals surface area contributed by atoms with Crippen LogP contribution >= 0.6 is 0 Å². The Labute approximate surface area is 125 Å². The average molecular weight is 288 g/mol. The summed E-state index contributed by atoms with van der Waals surface area (Å²) >= 11 is 0. The number of aliphatic hydroxyl groups excluding tert-OH is 1. The number of carbonyl (C=O) groups excluding carboxylic acids is 1. The first-order valence-corrected chi connectivity index (χ1v) is 7.89. The first kappa shape index (κ1) is 14.4. The number of hydrogen-bond acceptors (Lipinski definition) is 2. The third-order valence-electron chi connectivity index (χ3n) is 5.02. The topological polar surface area (TPSA) is 61.4 Å². The van der Waals surface area contributed by atoms with Crippen LogP contribution in [0.25, 0.3) is 0 Å². The molecule has 2 aliphatic rings. The van der Waals surface area contributed by atoms with Crippen molar-refractivity contribution in [1.82, 2.24) is 10.6 Å². The summed E-state index contributed by atoms with van der Waals surface area (Å²) in [6, 6.07) is 8.38. The van der Waals surface area contributed by atoms with Gasteiger partial charge in [-0.2, -0.15) is 0 Å². The van der Waals surface area contributed by atoms with Crippen LogP contribution in [0, 0.1) is 5.92 Å². The number of carbonyl (C=O) groups is 1.